The first-order chi connectivity index (χ1) is 10.4. The molecule has 0 fully saturated rings. The van der Waals surface area contributed by atoms with Gasteiger partial charge in [-0.15, -0.1) is 0 Å². The maximum atomic E-state index is 12.3. The molecule has 1 aromatic carbocycles. The standard InChI is InChI=1S/C15H19NO6/c1-11(10-16(19)20)15(13(17)21-2,14(18)22-3)9-12-7-5-4-6-8-12/h4-8,11H,9-10H2,1-3H3/t11-/m0/s1. The summed E-state index contributed by atoms with van der Waals surface area (Å²) in [5.41, 5.74) is -1.06. The molecule has 0 unspecified atom stereocenters. The van der Waals surface area contributed by atoms with Gasteiger partial charge in [0.15, 0.2) is 5.41 Å². The van der Waals surface area contributed by atoms with E-state index in [0.717, 1.165) is 14.2 Å². The zero-order valence-electron chi connectivity index (χ0n) is 12.8. The molecule has 1 rings (SSSR count). The minimum Gasteiger partial charge on any atom is -0.468 e. The van der Waals surface area contributed by atoms with E-state index in [1.165, 1.54) is 6.92 Å². The van der Waals surface area contributed by atoms with Crippen molar-refractivity contribution in [2.75, 3.05) is 20.8 Å². The lowest BCUT2D eigenvalue weighted by molar-refractivity contribution is -0.490. The molecule has 0 saturated heterocycles. The smallest absolute Gasteiger partial charge is 0.324 e. The van der Waals surface area contributed by atoms with Crippen molar-refractivity contribution in [3.05, 3.63) is 46.0 Å². The van der Waals surface area contributed by atoms with Crippen LogP contribution in [0.5, 0.6) is 0 Å². The fraction of sp³-hybridized carbons (Fsp3) is 0.467. The van der Waals surface area contributed by atoms with Gasteiger partial charge in [-0.05, 0) is 12.0 Å². The minimum atomic E-state index is -1.75. The molecule has 0 aliphatic carbocycles. The van der Waals surface area contributed by atoms with Crippen molar-refractivity contribution in [1.82, 2.24) is 0 Å². The van der Waals surface area contributed by atoms with Crippen LogP contribution in [0.3, 0.4) is 0 Å². The van der Waals surface area contributed by atoms with Crippen LogP contribution >= 0.6 is 0 Å². The molecule has 7 heteroatoms. The number of carbonyl (C=O) groups excluding carboxylic acids is 2. The molecule has 120 valence electrons. The Balaban J connectivity index is 3.34. The van der Waals surface area contributed by atoms with E-state index in [4.69, 9.17) is 9.47 Å². The van der Waals surface area contributed by atoms with Gasteiger partial charge in [-0.2, -0.15) is 0 Å². The third kappa shape index (κ3) is 3.60. The SMILES string of the molecule is COC(=O)C(Cc1ccccc1)(C(=O)OC)[C@@H](C)C[N+](=O)[O-]. The van der Waals surface area contributed by atoms with Gasteiger partial charge in [0.05, 0.1) is 14.2 Å². The van der Waals surface area contributed by atoms with E-state index in [1.54, 1.807) is 30.3 Å². The maximum Gasteiger partial charge on any atom is 0.324 e. The van der Waals surface area contributed by atoms with Gasteiger partial charge < -0.3 is 9.47 Å². The molecule has 0 aliphatic rings. The zero-order chi connectivity index (χ0) is 16.8. The van der Waals surface area contributed by atoms with Crippen LogP contribution in [0.4, 0.5) is 0 Å². The summed E-state index contributed by atoms with van der Waals surface area (Å²) in [6.45, 7) is 0.927. The molecular weight excluding hydrogens is 290 g/mol. The fourth-order valence-electron chi connectivity index (χ4n) is 2.47. The van der Waals surface area contributed by atoms with Crippen molar-refractivity contribution < 1.29 is 24.0 Å². The van der Waals surface area contributed by atoms with Crippen molar-refractivity contribution in [2.45, 2.75) is 13.3 Å². The van der Waals surface area contributed by atoms with Gasteiger partial charge in [0.2, 0.25) is 6.54 Å². The van der Waals surface area contributed by atoms with Crippen molar-refractivity contribution >= 4 is 11.9 Å². The third-order valence-corrected chi connectivity index (χ3v) is 3.69. The number of methoxy groups -OCH3 is 2. The minimum absolute atomic E-state index is 0.0256. The highest BCUT2D eigenvalue weighted by atomic mass is 16.6. The average molecular weight is 309 g/mol. The largest absolute Gasteiger partial charge is 0.468 e. The molecule has 0 bridgehead atoms. The average Bonchev–Trinajstić information content (AvgIpc) is 2.51. The van der Waals surface area contributed by atoms with Gasteiger partial charge in [0, 0.05) is 10.8 Å². The van der Waals surface area contributed by atoms with Crippen LogP contribution < -0.4 is 0 Å². The molecule has 0 aliphatic heterocycles. The molecule has 0 aromatic heterocycles. The number of rotatable bonds is 7. The Morgan fingerprint density at radius 3 is 2.09 bits per heavy atom. The molecule has 0 saturated carbocycles. The highest BCUT2D eigenvalue weighted by molar-refractivity contribution is 6.00. The number of benzene rings is 1. The second-order valence-corrected chi connectivity index (χ2v) is 5.03. The third-order valence-electron chi connectivity index (χ3n) is 3.69. The fourth-order valence-corrected chi connectivity index (χ4v) is 2.47. The maximum absolute atomic E-state index is 12.3. The summed E-state index contributed by atoms with van der Waals surface area (Å²) in [6.07, 6.45) is -0.0256. The topological polar surface area (TPSA) is 95.7 Å². The van der Waals surface area contributed by atoms with Crippen LogP contribution in [-0.2, 0) is 25.5 Å². The van der Waals surface area contributed by atoms with Gasteiger partial charge in [-0.25, -0.2) is 0 Å². The van der Waals surface area contributed by atoms with Crippen LogP contribution in [0.2, 0.25) is 0 Å². The van der Waals surface area contributed by atoms with Crippen LogP contribution in [0.25, 0.3) is 0 Å². The van der Waals surface area contributed by atoms with E-state index < -0.39 is 34.7 Å². The number of esters is 2. The second-order valence-electron chi connectivity index (χ2n) is 5.03. The Hall–Kier alpha value is -2.44. The Kier molecular flexibility index (Phi) is 6.03. The van der Waals surface area contributed by atoms with E-state index in [1.807, 2.05) is 0 Å². The number of hydrogen-bond acceptors (Lipinski definition) is 6. The highest BCUT2D eigenvalue weighted by Crippen LogP contribution is 2.35. The van der Waals surface area contributed by atoms with Crippen molar-refractivity contribution in [3.63, 3.8) is 0 Å². The van der Waals surface area contributed by atoms with Gasteiger partial charge in [0.25, 0.3) is 0 Å². The molecule has 0 N–H and O–H groups in total. The molecule has 7 nitrogen and oxygen atoms in total. The lowest BCUT2D eigenvalue weighted by Crippen LogP contribution is -2.50. The quantitative estimate of drug-likeness (QED) is 0.327. The number of nitrogens with zero attached hydrogens (tertiary/aromatic N) is 1. The van der Waals surface area contributed by atoms with Gasteiger partial charge in [0.1, 0.15) is 0 Å². The first-order valence-electron chi connectivity index (χ1n) is 6.71. The van der Waals surface area contributed by atoms with Crippen LogP contribution in [0.1, 0.15) is 12.5 Å². The molecular formula is C15H19NO6. The molecule has 0 radical (unpaired) electrons. The summed E-state index contributed by atoms with van der Waals surface area (Å²) < 4.78 is 9.50. The lowest BCUT2D eigenvalue weighted by Gasteiger charge is -2.31. The van der Waals surface area contributed by atoms with E-state index in [9.17, 15) is 19.7 Å². The second kappa shape index (κ2) is 7.53. The van der Waals surface area contributed by atoms with E-state index in [2.05, 4.69) is 0 Å². The Labute approximate surface area is 128 Å². The van der Waals surface area contributed by atoms with Crippen molar-refractivity contribution in [1.29, 1.82) is 0 Å². The summed E-state index contributed by atoms with van der Waals surface area (Å²) >= 11 is 0. The van der Waals surface area contributed by atoms with Gasteiger partial charge >= 0.3 is 11.9 Å². The van der Waals surface area contributed by atoms with E-state index in [0.29, 0.717) is 5.56 Å². The van der Waals surface area contributed by atoms with Crippen molar-refractivity contribution in [2.24, 2.45) is 11.3 Å². The number of ether oxygens (including phenoxy) is 2. The van der Waals surface area contributed by atoms with Crippen LogP contribution in [0.15, 0.2) is 30.3 Å². The summed E-state index contributed by atoms with van der Waals surface area (Å²) in [5, 5.41) is 10.8. The molecule has 0 heterocycles. The summed E-state index contributed by atoms with van der Waals surface area (Å²) in [4.78, 5) is 34.9. The predicted molar refractivity (Wildman–Crippen MR) is 77.6 cm³/mol. The first kappa shape index (κ1) is 17.6. The lowest BCUT2D eigenvalue weighted by atomic mass is 9.71. The van der Waals surface area contributed by atoms with E-state index in [-0.39, 0.29) is 6.42 Å². The predicted octanol–water partition coefficient (Wildman–Crippen LogP) is 1.47. The van der Waals surface area contributed by atoms with Gasteiger partial charge in [-0.1, -0.05) is 37.3 Å². The van der Waals surface area contributed by atoms with Crippen molar-refractivity contribution in [3.8, 4) is 0 Å². The van der Waals surface area contributed by atoms with Crippen LogP contribution in [0, 0.1) is 21.4 Å². The number of nitro groups is 1. The molecule has 1 aromatic rings. The highest BCUT2D eigenvalue weighted by Gasteiger charge is 2.54. The number of carbonyl (C=O) groups is 2. The normalized spacial score (nSPS) is 12.3. The molecule has 22 heavy (non-hydrogen) atoms. The Morgan fingerprint density at radius 1 is 1.18 bits per heavy atom. The van der Waals surface area contributed by atoms with Gasteiger partial charge in [-0.3, -0.25) is 19.7 Å². The number of hydrogen-bond donors (Lipinski definition) is 0. The molecule has 0 amide bonds. The van der Waals surface area contributed by atoms with Crippen LogP contribution in [-0.4, -0.2) is 37.6 Å². The molecule has 1 atom stereocenters. The summed E-state index contributed by atoms with van der Waals surface area (Å²) in [5.74, 6) is -2.56. The Bertz CT molecular complexity index is 526. The summed E-state index contributed by atoms with van der Waals surface area (Å²) in [7, 11) is 2.29. The zero-order valence-corrected chi connectivity index (χ0v) is 12.8. The molecule has 0 spiro atoms. The van der Waals surface area contributed by atoms with E-state index >= 15 is 0 Å². The summed E-state index contributed by atoms with van der Waals surface area (Å²) in [6, 6.07) is 8.78. The Morgan fingerprint density at radius 2 is 1.68 bits per heavy atom. The monoisotopic (exact) mass is 309 g/mol. The first-order valence-corrected chi connectivity index (χ1v) is 6.71.